The van der Waals surface area contributed by atoms with Crippen molar-refractivity contribution in [2.45, 2.75) is 58.9 Å². The van der Waals surface area contributed by atoms with Crippen molar-refractivity contribution < 1.29 is 46.4 Å². The number of benzene rings is 2. The van der Waals surface area contributed by atoms with E-state index in [1.165, 1.54) is 30.5 Å². The topological polar surface area (TPSA) is 29.1 Å². The molecule has 1 aliphatic heterocycles. The Morgan fingerprint density at radius 3 is 1.97 bits per heavy atom. The van der Waals surface area contributed by atoms with Gasteiger partial charge in [0.05, 0.1) is 19.6 Å². The Morgan fingerprint density at radius 2 is 1.57 bits per heavy atom. The molecule has 0 aromatic heterocycles. The molecule has 2 fully saturated rings. The van der Waals surface area contributed by atoms with Gasteiger partial charge < -0.3 is 9.80 Å². The van der Waals surface area contributed by atoms with Crippen LogP contribution in [0.5, 0.6) is 0 Å². The van der Waals surface area contributed by atoms with Gasteiger partial charge in [0, 0.05) is 64.1 Å². The Balaban J connectivity index is 0.000000341. The smallest absolute Gasteiger partial charge is 0.285 e. The number of carbonyl (C=O) groups is 1. The van der Waals surface area contributed by atoms with E-state index in [1.807, 2.05) is 32.0 Å². The first-order chi connectivity index (χ1) is 13.8. The van der Waals surface area contributed by atoms with Gasteiger partial charge in [0.25, 0.3) is 5.91 Å². The third-order valence-electron chi connectivity index (χ3n) is 6.76. The average Bonchev–Trinajstić information content (AvgIpc) is 3.37. The summed E-state index contributed by atoms with van der Waals surface area (Å²) in [4.78, 5) is 13.0. The van der Waals surface area contributed by atoms with E-state index >= 15 is 0 Å². The van der Waals surface area contributed by atoms with E-state index in [9.17, 15) is 9.18 Å². The van der Waals surface area contributed by atoms with Crippen molar-refractivity contribution in [2.75, 3.05) is 25.0 Å². The van der Waals surface area contributed by atoms with Gasteiger partial charge in [0.15, 0.2) is 5.54 Å². The molecule has 2 aromatic rings. The molecule has 0 unspecified atom stereocenters. The fraction of sp³-hybridized carbons (Fsp3) is 0.480. The number of nitrogens with zero attached hydrogens (tertiary/aromatic N) is 1. The molecule has 1 N–H and O–H groups in total. The van der Waals surface area contributed by atoms with Gasteiger partial charge >= 0.3 is 0 Å². The van der Waals surface area contributed by atoms with Crippen LogP contribution in [0.15, 0.2) is 42.5 Å². The van der Waals surface area contributed by atoms with Gasteiger partial charge in [0.1, 0.15) is 5.82 Å². The number of aryl methyl sites for hydroxylation is 3. The number of halogens is 1. The van der Waals surface area contributed by atoms with Crippen molar-refractivity contribution in [1.29, 1.82) is 0 Å². The summed E-state index contributed by atoms with van der Waals surface area (Å²) in [5.41, 5.74) is 3.46. The maximum atomic E-state index is 13.4. The summed E-state index contributed by atoms with van der Waals surface area (Å²) in [7, 11) is 0. The summed E-state index contributed by atoms with van der Waals surface area (Å²) in [6.07, 6.45) is 4.40. The van der Waals surface area contributed by atoms with Gasteiger partial charge in [-0.25, -0.2) is 4.39 Å². The van der Waals surface area contributed by atoms with E-state index in [2.05, 4.69) is 31.3 Å². The van der Waals surface area contributed by atoms with Crippen LogP contribution >= 0.6 is 0 Å². The molecule has 1 aliphatic carbocycles. The quantitative estimate of drug-likeness (QED) is 0.566. The first-order valence-electron chi connectivity index (χ1n) is 10.8. The molecule has 159 valence electrons. The average molecular weight is 486 g/mol. The maximum Gasteiger partial charge on any atom is 0.285 e. The number of likely N-dealkylation sites (N-methyl/N-ethyl adjacent to an activating group) is 1. The third-order valence-corrected chi connectivity index (χ3v) is 6.76. The molecule has 1 amide bonds. The Hall–Kier alpha value is -1.10. The fourth-order valence-corrected chi connectivity index (χ4v) is 4.89. The van der Waals surface area contributed by atoms with Crippen LogP contribution in [0, 0.1) is 26.6 Å². The van der Waals surface area contributed by atoms with Gasteiger partial charge in [-0.2, -0.15) is 0 Å². The van der Waals surface area contributed by atoms with Gasteiger partial charge in [-0.1, -0.05) is 35.9 Å². The largest absolute Gasteiger partial charge is 0.320 e. The van der Waals surface area contributed by atoms with Crippen LogP contribution in [-0.4, -0.2) is 35.6 Å². The minimum atomic E-state index is -0.245. The normalized spacial score (nSPS) is 17.9. The van der Waals surface area contributed by atoms with Crippen LogP contribution in [-0.2, 0) is 37.5 Å². The minimum absolute atomic E-state index is 0. The zero-order chi connectivity index (χ0) is 21.1. The van der Waals surface area contributed by atoms with E-state index in [0.717, 1.165) is 53.8 Å². The molecule has 2 aromatic carbocycles. The number of quaternary nitrogens is 1. The number of likely N-dealkylation sites (tertiary alicyclic amines) is 1. The molecular weight excluding hydrogens is 452 g/mol. The fourth-order valence-electron chi connectivity index (χ4n) is 4.89. The standard InChI is InChI=1S/C18H25FN2O.C7H8.Y/c1-4-21(9-5-6-10-21)18(7-8-18)17(22)20-16-13(2)11-15(19)12-14(16)3;1-7-5-3-2-4-6-7;/h11-12H,4-10H2,1-3H3;2-6H,1H3;/p+1. The van der Waals surface area contributed by atoms with Crippen molar-refractivity contribution >= 4 is 11.6 Å². The van der Waals surface area contributed by atoms with Gasteiger partial charge in [-0.3, -0.25) is 4.79 Å². The van der Waals surface area contributed by atoms with E-state index in [0.29, 0.717) is 0 Å². The number of nitrogens with one attached hydrogen (secondary N) is 1. The molecule has 0 bridgehead atoms. The summed E-state index contributed by atoms with van der Waals surface area (Å²) in [5.74, 6) is -0.111. The Labute approximate surface area is 205 Å². The Morgan fingerprint density at radius 1 is 1.03 bits per heavy atom. The van der Waals surface area contributed by atoms with Crippen molar-refractivity contribution in [3.8, 4) is 0 Å². The first kappa shape index (κ1) is 25.2. The van der Waals surface area contributed by atoms with Crippen molar-refractivity contribution in [3.05, 3.63) is 65.0 Å². The molecule has 0 spiro atoms. The van der Waals surface area contributed by atoms with Gasteiger partial charge in [-0.15, -0.1) is 0 Å². The van der Waals surface area contributed by atoms with Crippen LogP contribution in [0.2, 0.25) is 0 Å². The molecule has 1 saturated carbocycles. The van der Waals surface area contributed by atoms with E-state index in [4.69, 9.17) is 0 Å². The molecule has 1 heterocycles. The number of carbonyl (C=O) groups excluding carboxylic acids is 1. The second kappa shape index (κ2) is 10.5. The zero-order valence-corrected chi connectivity index (χ0v) is 21.6. The van der Waals surface area contributed by atoms with Crippen LogP contribution in [0.1, 0.15) is 49.3 Å². The SMILES string of the molecule is CC[N+]1(C2(C(=O)Nc3c(C)cc(F)cc3C)CC2)CCCC1.Cc1ccccc1.[Y]. The second-order valence-corrected chi connectivity index (χ2v) is 8.67. The van der Waals surface area contributed by atoms with Crippen molar-refractivity contribution in [3.63, 3.8) is 0 Å². The van der Waals surface area contributed by atoms with Crippen molar-refractivity contribution in [1.82, 2.24) is 0 Å². The Kier molecular flexibility index (Phi) is 8.79. The summed E-state index contributed by atoms with van der Waals surface area (Å²) in [5, 5.41) is 3.12. The molecule has 1 radical (unpaired) electrons. The molecule has 4 rings (SSSR count). The molecular formula is C25H34FN2OY+. The van der Waals surface area contributed by atoms with E-state index in [1.54, 1.807) is 0 Å². The number of amides is 1. The predicted molar refractivity (Wildman–Crippen MR) is 117 cm³/mol. The number of rotatable bonds is 4. The molecule has 5 heteroatoms. The first-order valence-corrected chi connectivity index (χ1v) is 10.8. The summed E-state index contributed by atoms with van der Waals surface area (Å²) >= 11 is 0. The molecule has 2 aliphatic rings. The summed E-state index contributed by atoms with van der Waals surface area (Å²) in [6, 6.07) is 13.2. The summed E-state index contributed by atoms with van der Waals surface area (Å²) in [6.45, 7) is 11.2. The maximum absolute atomic E-state index is 13.4. The van der Waals surface area contributed by atoms with Crippen molar-refractivity contribution in [2.24, 2.45) is 0 Å². The van der Waals surface area contributed by atoms with Gasteiger partial charge in [-0.05, 0) is 51.0 Å². The second-order valence-electron chi connectivity index (χ2n) is 8.67. The van der Waals surface area contributed by atoms with Crippen LogP contribution in [0.4, 0.5) is 10.1 Å². The molecule has 0 atom stereocenters. The molecule has 30 heavy (non-hydrogen) atoms. The monoisotopic (exact) mass is 486 g/mol. The van der Waals surface area contributed by atoms with Crippen LogP contribution in [0.25, 0.3) is 0 Å². The third kappa shape index (κ3) is 5.20. The van der Waals surface area contributed by atoms with E-state index < -0.39 is 0 Å². The minimum Gasteiger partial charge on any atom is -0.320 e. The van der Waals surface area contributed by atoms with E-state index in [-0.39, 0.29) is 50.0 Å². The number of hydrogen-bond acceptors (Lipinski definition) is 1. The van der Waals surface area contributed by atoms with Crippen LogP contribution < -0.4 is 5.32 Å². The van der Waals surface area contributed by atoms with Crippen LogP contribution in [0.3, 0.4) is 0 Å². The summed E-state index contributed by atoms with van der Waals surface area (Å²) < 4.78 is 14.4. The zero-order valence-electron chi connectivity index (χ0n) is 18.8. The molecule has 3 nitrogen and oxygen atoms in total. The van der Waals surface area contributed by atoms with Gasteiger partial charge in [0.2, 0.25) is 0 Å². The predicted octanol–water partition coefficient (Wildman–Crippen LogP) is 5.54. The number of hydrogen-bond donors (Lipinski definition) is 1. The molecule has 1 saturated heterocycles. The number of anilines is 1. The Bertz CT molecular complexity index is 836.